The van der Waals surface area contributed by atoms with Gasteiger partial charge in [-0.1, -0.05) is 34.5 Å². The first kappa shape index (κ1) is 14.2. The van der Waals surface area contributed by atoms with Crippen molar-refractivity contribution in [2.45, 2.75) is 25.2 Å². The molecule has 1 saturated heterocycles. The fourth-order valence-corrected chi connectivity index (χ4v) is 3.30. The number of halogens is 2. The van der Waals surface area contributed by atoms with Crippen molar-refractivity contribution in [2.75, 3.05) is 31.1 Å². The summed E-state index contributed by atoms with van der Waals surface area (Å²) in [4.78, 5) is 5.00. The lowest BCUT2D eigenvalue weighted by atomic mass is 10.1. The van der Waals surface area contributed by atoms with Crippen LogP contribution in [0.4, 0.5) is 5.69 Å². The topological polar surface area (TPSA) is 6.48 Å². The minimum absolute atomic E-state index is 0.614. The molecule has 2 nitrogen and oxygen atoms in total. The number of hydrogen-bond donors (Lipinski definition) is 0. The summed E-state index contributed by atoms with van der Waals surface area (Å²) in [5.41, 5.74) is 2.60. The first-order valence-electron chi connectivity index (χ1n) is 6.49. The van der Waals surface area contributed by atoms with E-state index in [2.05, 4.69) is 51.7 Å². The molecule has 1 fully saturated rings. The Morgan fingerprint density at radius 3 is 2.78 bits per heavy atom. The van der Waals surface area contributed by atoms with Crippen LogP contribution in [0.3, 0.4) is 0 Å². The molecule has 1 aliphatic rings. The standard InChI is InChI=1S/C14H20BrClN2/c1-3-17-6-7-18(10-11(17)2)14-5-4-13(16)8-12(14)9-15/h4-5,8,11H,3,6-7,9-10H2,1-2H3. The highest BCUT2D eigenvalue weighted by atomic mass is 79.9. The summed E-state index contributed by atoms with van der Waals surface area (Å²) in [7, 11) is 0. The van der Waals surface area contributed by atoms with Gasteiger partial charge in [0.15, 0.2) is 0 Å². The lowest BCUT2D eigenvalue weighted by Crippen LogP contribution is -2.51. The van der Waals surface area contributed by atoms with Gasteiger partial charge in [0, 0.05) is 41.7 Å². The number of piperazine rings is 1. The molecule has 1 unspecified atom stereocenters. The molecule has 1 atom stereocenters. The van der Waals surface area contributed by atoms with Crippen molar-refractivity contribution >= 4 is 33.2 Å². The Bertz CT molecular complexity index is 411. The number of rotatable bonds is 3. The first-order chi connectivity index (χ1) is 8.65. The highest BCUT2D eigenvalue weighted by molar-refractivity contribution is 9.08. The second kappa shape index (κ2) is 6.27. The quantitative estimate of drug-likeness (QED) is 0.778. The van der Waals surface area contributed by atoms with E-state index >= 15 is 0 Å². The Hall–Kier alpha value is -0.250. The van der Waals surface area contributed by atoms with Crippen LogP contribution in [0.5, 0.6) is 0 Å². The fourth-order valence-electron chi connectivity index (χ4n) is 2.65. The Labute approximate surface area is 123 Å². The third-order valence-electron chi connectivity index (χ3n) is 3.70. The number of anilines is 1. The SMILES string of the molecule is CCN1CCN(c2ccc(Cl)cc2CBr)CC1C. The number of alkyl halides is 1. The van der Waals surface area contributed by atoms with Gasteiger partial charge in [-0.25, -0.2) is 0 Å². The average Bonchev–Trinajstić information content (AvgIpc) is 2.38. The molecule has 0 saturated carbocycles. The van der Waals surface area contributed by atoms with Gasteiger partial charge in [-0.3, -0.25) is 4.90 Å². The molecule has 0 amide bonds. The van der Waals surface area contributed by atoms with Crippen LogP contribution in [0.25, 0.3) is 0 Å². The van der Waals surface area contributed by atoms with Crippen LogP contribution in [-0.2, 0) is 5.33 Å². The second-order valence-corrected chi connectivity index (χ2v) is 5.83. The van der Waals surface area contributed by atoms with Gasteiger partial charge in [0.2, 0.25) is 0 Å². The molecule has 0 aromatic heterocycles. The zero-order chi connectivity index (χ0) is 13.1. The molecular formula is C14H20BrClN2. The van der Waals surface area contributed by atoms with E-state index in [0.29, 0.717) is 6.04 Å². The van der Waals surface area contributed by atoms with Crippen molar-refractivity contribution in [2.24, 2.45) is 0 Å². The van der Waals surface area contributed by atoms with Crippen LogP contribution in [-0.4, -0.2) is 37.1 Å². The van der Waals surface area contributed by atoms with Crippen molar-refractivity contribution in [3.63, 3.8) is 0 Å². The van der Waals surface area contributed by atoms with E-state index in [-0.39, 0.29) is 0 Å². The van der Waals surface area contributed by atoms with Gasteiger partial charge < -0.3 is 4.90 Å². The molecule has 0 spiro atoms. The monoisotopic (exact) mass is 330 g/mol. The van der Waals surface area contributed by atoms with Crippen molar-refractivity contribution in [1.29, 1.82) is 0 Å². The van der Waals surface area contributed by atoms with E-state index in [1.807, 2.05) is 6.07 Å². The van der Waals surface area contributed by atoms with E-state index < -0.39 is 0 Å². The van der Waals surface area contributed by atoms with Gasteiger partial charge in [-0.15, -0.1) is 0 Å². The normalized spacial score (nSPS) is 21.3. The average molecular weight is 332 g/mol. The minimum atomic E-state index is 0.614. The zero-order valence-electron chi connectivity index (χ0n) is 11.0. The summed E-state index contributed by atoms with van der Waals surface area (Å²) in [6.45, 7) is 9.01. The maximum atomic E-state index is 6.06. The van der Waals surface area contributed by atoms with Crippen LogP contribution in [0.15, 0.2) is 18.2 Å². The van der Waals surface area contributed by atoms with Crippen molar-refractivity contribution in [3.05, 3.63) is 28.8 Å². The molecule has 1 aromatic carbocycles. The second-order valence-electron chi connectivity index (χ2n) is 4.83. The highest BCUT2D eigenvalue weighted by Gasteiger charge is 2.23. The Balaban J connectivity index is 2.17. The number of likely N-dealkylation sites (N-methyl/N-ethyl adjacent to an activating group) is 1. The molecule has 4 heteroatoms. The van der Waals surface area contributed by atoms with Gasteiger partial charge in [0.25, 0.3) is 0 Å². The summed E-state index contributed by atoms with van der Waals surface area (Å²) in [5, 5.41) is 1.67. The maximum Gasteiger partial charge on any atom is 0.0410 e. The molecule has 0 N–H and O–H groups in total. The predicted molar refractivity (Wildman–Crippen MR) is 83.0 cm³/mol. The van der Waals surface area contributed by atoms with E-state index in [4.69, 9.17) is 11.6 Å². The van der Waals surface area contributed by atoms with Crippen molar-refractivity contribution < 1.29 is 0 Å². The number of benzene rings is 1. The summed E-state index contributed by atoms with van der Waals surface area (Å²) in [6.07, 6.45) is 0. The summed E-state index contributed by atoms with van der Waals surface area (Å²) < 4.78 is 0. The van der Waals surface area contributed by atoms with Gasteiger partial charge in [-0.2, -0.15) is 0 Å². The van der Waals surface area contributed by atoms with Crippen LogP contribution in [0.2, 0.25) is 5.02 Å². The van der Waals surface area contributed by atoms with Crippen molar-refractivity contribution in [3.8, 4) is 0 Å². The van der Waals surface area contributed by atoms with Crippen molar-refractivity contribution in [1.82, 2.24) is 4.90 Å². The molecule has 1 aromatic rings. The van der Waals surface area contributed by atoms with E-state index in [1.54, 1.807) is 0 Å². The Morgan fingerprint density at radius 1 is 1.39 bits per heavy atom. The molecule has 2 rings (SSSR count). The lowest BCUT2D eigenvalue weighted by molar-refractivity contribution is 0.199. The molecule has 0 bridgehead atoms. The smallest absolute Gasteiger partial charge is 0.0410 e. The van der Waals surface area contributed by atoms with Gasteiger partial charge in [0.05, 0.1) is 0 Å². The molecule has 0 aliphatic carbocycles. The van der Waals surface area contributed by atoms with Gasteiger partial charge in [-0.05, 0) is 37.2 Å². The highest BCUT2D eigenvalue weighted by Crippen LogP contribution is 2.28. The van der Waals surface area contributed by atoms with E-state index in [1.165, 1.54) is 11.3 Å². The molecule has 18 heavy (non-hydrogen) atoms. The summed E-state index contributed by atoms with van der Waals surface area (Å²) in [6, 6.07) is 6.80. The number of nitrogens with zero attached hydrogens (tertiary/aromatic N) is 2. The first-order valence-corrected chi connectivity index (χ1v) is 7.99. The molecule has 0 radical (unpaired) electrons. The third kappa shape index (κ3) is 3.01. The zero-order valence-corrected chi connectivity index (χ0v) is 13.3. The summed E-state index contributed by atoms with van der Waals surface area (Å²) >= 11 is 9.62. The third-order valence-corrected chi connectivity index (χ3v) is 4.54. The van der Waals surface area contributed by atoms with E-state index in [9.17, 15) is 0 Å². The minimum Gasteiger partial charge on any atom is -0.368 e. The van der Waals surface area contributed by atoms with Crippen LogP contribution in [0.1, 0.15) is 19.4 Å². The predicted octanol–water partition coefficient (Wildman–Crippen LogP) is 3.77. The van der Waals surface area contributed by atoms with Crippen LogP contribution < -0.4 is 4.90 Å². The van der Waals surface area contributed by atoms with Crippen LogP contribution >= 0.6 is 27.5 Å². The van der Waals surface area contributed by atoms with Crippen LogP contribution in [0, 0.1) is 0 Å². The summed E-state index contributed by atoms with van der Waals surface area (Å²) in [5.74, 6) is 0. The number of hydrogen-bond acceptors (Lipinski definition) is 2. The molecule has 100 valence electrons. The van der Waals surface area contributed by atoms with E-state index in [0.717, 1.165) is 36.5 Å². The maximum absolute atomic E-state index is 6.06. The molecular weight excluding hydrogens is 312 g/mol. The Kier molecular flexibility index (Phi) is 4.93. The molecule has 1 heterocycles. The van der Waals surface area contributed by atoms with Gasteiger partial charge in [0.1, 0.15) is 0 Å². The fraction of sp³-hybridized carbons (Fsp3) is 0.571. The largest absolute Gasteiger partial charge is 0.368 e. The lowest BCUT2D eigenvalue weighted by Gasteiger charge is -2.41. The van der Waals surface area contributed by atoms with Gasteiger partial charge >= 0.3 is 0 Å². The Morgan fingerprint density at radius 2 is 2.17 bits per heavy atom. The molecule has 1 aliphatic heterocycles.